The van der Waals surface area contributed by atoms with Gasteiger partial charge in [0, 0.05) is 11.6 Å². The van der Waals surface area contributed by atoms with Crippen LogP contribution in [-0.2, 0) is 9.59 Å². The van der Waals surface area contributed by atoms with Crippen LogP contribution in [0.25, 0.3) is 17.4 Å². The number of benzene rings is 2. The highest BCUT2D eigenvalue weighted by atomic mass is 32.2. The lowest BCUT2D eigenvalue weighted by atomic mass is 10.2. The molecule has 6 nitrogen and oxygen atoms in total. The molecule has 2 heterocycles. The minimum absolute atomic E-state index is 0.0194. The van der Waals surface area contributed by atoms with Gasteiger partial charge < -0.3 is 9.73 Å². The van der Waals surface area contributed by atoms with E-state index in [2.05, 4.69) is 5.32 Å². The van der Waals surface area contributed by atoms with E-state index in [1.807, 2.05) is 30.3 Å². The largest absolute Gasteiger partial charge is 0.457 e. The third-order valence-corrected chi connectivity index (χ3v) is 5.19. The fourth-order valence-corrected chi connectivity index (χ4v) is 3.67. The smallest absolute Gasteiger partial charge is 0.294 e. The highest BCUT2D eigenvalue weighted by molar-refractivity contribution is 8.18. The minimum Gasteiger partial charge on any atom is -0.457 e. The van der Waals surface area contributed by atoms with E-state index < -0.39 is 29.4 Å². The van der Waals surface area contributed by atoms with E-state index in [0.717, 1.165) is 22.2 Å². The monoisotopic (exact) mass is 422 g/mol. The minimum atomic E-state index is -0.673. The van der Waals surface area contributed by atoms with Gasteiger partial charge in [-0.05, 0) is 36.0 Å². The molecule has 1 aliphatic rings. The molecule has 1 saturated heterocycles. The Morgan fingerprint density at radius 2 is 1.77 bits per heavy atom. The number of imide groups is 1. The van der Waals surface area contributed by atoms with Crippen LogP contribution in [-0.4, -0.2) is 28.5 Å². The Balaban J connectivity index is 1.45. The molecule has 1 N–H and O–H groups in total. The quantitative estimate of drug-likeness (QED) is 0.600. The first-order valence-corrected chi connectivity index (χ1v) is 9.78. The molecule has 0 spiro atoms. The zero-order chi connectivity index (χ0) is 21.1. The van der Waals surface area contributed by atoms with Gasteiger partial charge in [0.25, 0.3) is 11.1 Å². The average Bonchev–Trinajstić information content (AvgIpc) is 3.31. The van der Waals surface area contributed by atoms with E-state index in [-0.39, 0.29) is 10.6 Å². The summed E-state index contributed by atoms with van der Waals surface area (Å²) in [5.41, 5.74) is 0.865. The summed E-state index contributed by atoms with van der Waals surface area (Å²) in [6.07, 6.45) is 1.46. The number of amides is 3. The Bertz CT molecular complexity index is 1160. The fourth-order valence-electron chi connectivity index (χ4n) is 2.85. The number of para-hydroxylation sites is 1. The van der Waals surface area contributed by atoms with Gasteiger partial charge in [0.2, 0.25) is 5.91 Å². The average molecular weight is 422 g/mol. The summed E-state index contributed by atoms with van der Waals surface area (Å²) < 4.78 is 19.4. The van der Waals surface area contributed by atoms with Crippen LogP contribution in [0.3, 0.4) is 0 Å². The van der Waals surface area contributed by atoms with Crippen LogP contribution in [0.2, 0.25) is 0 Å². The van der Waals surface area contributed by atoms with Gasteiger partial charge in [-0.25, -0.2) is 4.39 Å². The number of carbonyl (C=O) groups excluding carboxylic acids is 3. The molecule has 0 unspecified atom stereocenters. The number of anilines is 1. The molecule has 150 valence electrons. The second kappa shape index (κ2) is 8.38. The Morgan fingerprint density at radius 1 is 1.03 bits per heavy atom. The number of carbonyl (C=O) groups is 3. The normalized spacial score (nSPS) is 15.1. The predicted molar refractivity (Wildman–Crippen MR) is 112 cm³/mol. The summed E-state index contributed by atoms with van der Waals surface area (Å²) in [5.74, 6) is -0.841. The van der Waals surface area contributed by atoms with Crippen LogP contribution in [0.15, 0.2) is 76.1 Å². The summed E-state index contributed by atoms with van der Waals surface area (Å²) in [7, 11) is 0. The summed E-state index contributed by atoms with van der Waals surface area (Å²) in [4.78, 5) is 37.9. The molecule has 30 heavy (non-hydrogen) atoms. The maximum Gasteiger partial charge on any atom is 0.294 e. The molecule has 1 fully saturated rings. The first kappa shape index (κ1) is 19.7. The van der Waals surface area contributed by atoms with Crippen molar-refractivity contribution in [1.82, 2.24) is 4.90 Å². The van der Waals surface area contributed by atoms with E-state index >= 15 is 0 Å². The highest BCUT2D eigenvalue weighted by Gasteiger charge is 2.36. The van der Waals surface area contributed by atoms with E-state index in [9.17, 15) is 18.8 Å². The lowest BCUT2D eigenvalue weighted by Gasteiger charge is -2.12. The topological polar surface area (TPSA) is 79.6 Å². The molecule has 8 heteroatoms. The zero-order valence-electron chi connectivity index (χ0n) is 15.5. The Kier molecular flexibility index (Phi) is 5.49. The summed E-state index contributed by atoms with van der Waals surface area (Å²) in [6, 6.07) is 18.6. The Hall–Kier alpha value is -3.65. The van der Waals surface area contributed by atoms with Crippen LogP contribution in [0.5, 0.6) is 0 Å². The molecule has 3 aromatic rings. The first-order valence-electron chi connectivity index (χ1n) is 8.96. The number of hydrogen-bond acceptors (Lipinski definition) is 5. The van der Waals surface area contributed by atoms with Gasteiger partial charge in [-0.3, -0.25) is 19.3 Å². The lowest BCUT2D eigenvalue weighted by molar-refractivity contribution is -0.127. The van der Waals surface area contributed by atoms with Crippen molar-refractivity contribution in [3.63, 3.8) is 0 Å². The summed E-state index contributed by atoms with van der Waals surface area (Å²) in [5, 5.41) is 1.78. The molecule has 0 bridgehead atoms. The SMILES string of the molecule is O=C(CN1C(=O)S/C(=C\c2ccc(-c3ccccc3)o2)C1=O)Nc1ccccc1F. The van der Waals surface area contributed by atoms with Crippen molar-refractivity contribution < 1.29 is 23.2 Å². The Morgan fingerprint density at radius 3 is 2.53 bits per heavy atom. The van der Waals surface area contributed by atoms with Gasteiger partial charge in [0.05, 0.1) is 10.6 Å². The predicted octanol–water partition coefficient (Wildman–Crippen LogP) is 4.76. The molecule has 0 radical (unpaired) electrons. The highest BCUT2D eigenvalue weighted by Crippen LogP contribution is 2.33. The zero-order valence-corrected chi connectivity index (χ0v) is 16.3. The molecular weight excluding hydrogens is 407 g/mol. The van der Waals surface area contributed by atoms with Crippen molar-refractivity contribution in [3.05, 3.63) is 83.2 Å². The standard InChI is InChI=1S/C22H15FN2O4S/c23-16-8-4-5-9-17(16)24-20(26)13-25-21(27)19(30-22(25)28)12-15-10-11-18(29-15)14-6-2-1-3-7-14/h1-12H,13H2,(H,24,26)/b19-12-. The van der Waals surface area contributed by atoms with Crippen molar-refractivity contribution in [1.29, 1.82) is 0 Å². The summed E-state index contributed by atoms with van der Waals surface area (Å²) >= 11 is 0.718. The molecule has 2 aromatic carbocycles. The molecule has 1 aliphatic heterocycles. The van der Waals surface area contributed by atoms with E-state index in [1.165, 1.54) is 24.3 Å². The van der Waals surface area contributed by atoms with E-state index in [4.69, 9.17) is 4.42 Å². The Labute approximate surface area is 175 Å². The van der Waals surface area contributed by atoms with Gasteiger partial charge >= 0.3 is 0 Å². The van der Waals surface area contributed by atoms with Gasteiger partial charge in [-0.15, -0.1) is 0 Å². The van der Waals surface area contributed by atoms with Crippen LogP contribution >= 0.6 is 11.8 Å². The first-order chi connectivity index (χ1) is 14.5. The van der Waals surface area contributed by atoms with Crippen LogP contribution < -0.4 is 5.32 Å². The molecule has 1 aromatic heterocycles. The van der Waals surface area contributed by atoms with E-state index in [1.54, 1.807) is 18.2 Å². The second-order valence-corrected chi connectivity index (χ2v) is 7.36. The number of furan rings is 1. The van der Waals surface area contributed by atoms with Gasteiger partial charge in [0.1, 0.15) is 23.9 Å². The van der Waals surface area contributed by atoms with Gasteiger partial charge in [-0.1, -0.05) is 42.5 Å². The van der Waals surface area contributed by atoms with Gasteiger partial charge in [-0.2, -0.15) is 0 Å². The van der Waals surface area contributed by atoms with Crippen molar-refractivity contribution in [2.24, 2.45) is 0 Å². The van der Waals surface area contributed by atoms with Crippen molar-refractivity contribution in [2.75, 3.05) is 11.9 Å². The molecule has 4 rings (SSSR count). The molecular formula is C22H15FN2O4S. The van der Waals surface area contributed by atoms with Crippen molar-refractivity contribution in [3.8, 4) is 11.3 Å². The molecule has 0 saturated carbocycles. The van der Waals surface area contributed by atoms with Crippen molar-refractivity contribution >= 4 is 40.6 Å². The summed E-state index contributed by atoms with van der Waals surface area (Å²) in [6.45, 7) is -0.510. The maximum atomic E-state index is 13.7. The number of rotatable bonds is 5. The van der Waals surface area contributed by atoms with Crippen LogP contribution in [0.1, 0.15) is 5.76 Å². The molecule has 0 aliphatic carbocycles. The number of halogens is 1. The number of nitrogens with zero attached hydrogens (tertiary/aromatic N) is 1. The third-order valence-electron chi connectivity index (χ3n) is 4.28. The second-order valence-electron chi connectivity index (χ2n) is 6.36. The fraction of sp³-hybridized carbons (Fsp3) is 0.0455. The number of nitrogens with one attached hydrogen (secondary N) is 1. The maximum absolute atomic E-state index is 13.7. The van der Waals surface area contributed by atoms with Crippen LogP contribution in [0, 0.1) is 5.82 Å². The van der Waals surface area contributed by atoms with E-state index in [0.29, 0.717) is 11.5 Å². The molecule has 0 atom stereocenters. The number of hydrogen-bond donors (Lipinski definition) is 1. The van der Waals surface area contributed by atoms with Gasteiger partial charge in [0.15, 0.2) is 0 Å². The van der Waals surface area contributed by atoms with Crippen LogP contribution in [0.4, 0.5) is 14.9 Å². The number of thioether (sulfide) groups is 1. The van der Waals surface area contributed by atoms with Crippen molar-refractivity contribution in [2.45, 2.75) is 0 Å². The third kappa shape index (κ3) is 4.18. The molecule has 3 amide bonds. The lowest BCUT2D eigenvalue weighted by Crippen LogP contribution is -2.36.